The van der Waals surface area contributed by atoms with Crippen molar-refractivity contribution in [3.8, 4) is 0 Å². The summed E-state index contributed by atoms with van der Waals surface area (Å²) in [5.41, 5.74) is -8.22. The molecule has 32 heavy (non-hydrogen) atoms. The molecule has 2 N–H and O–H groups in total. The number of piperazine rings is 1. The molecule has 1 heterocycles. The number of aliphatic hydroxyl groups is 1. The lowest BCUT2D eigenvalue weighted by atomic mass is 9.91. The van der Waals surface area contributed by atoms with Crippen molar-refractivity contribution in [1.82, 2.24) is 5.32 Å². The maximum atomic E-state index is 12.9. The molecule has 1 fully saturated rings. The van der Waals surface area contributed by atoms with Crippen molar-refractivity contribution < 1.29 is 45.9 Å². The van der Waals surface area contributed by atoms with Gasteiger partial charge in [-0.3, -0.25) is 14.9 Å². The fourth-order valence-electron chi connectivity index (χ4n) is 2.70. The zero-order chi connectivity index (χ0) is 25.0. The number of rotatable bonds is 4. The van der Waals surface area contributed by atoms with Crippen LogP contribution in [0.5, 0.6) is 0 Å². The molecule has 0 atom stereocenters. The summed E-state index contributed by atoms with van der Waals surface area (Å²) in [4.78, 5) is 21.2. The zero-order valence-electron chi connectivity index (χ0n) is 17.4. The predicted octanol–water partition coefficient (Wildman–Crippen LogP) is 3.27. The third-order valence-electron chi connectivity index (χ3n) is 4.27. The van der Waals surface area contributed by atoms with Crippen LogP contribution in [0.15, 0.2) is 18.2 Å². The van der Waals surface area contributed by atoms with Gasteiger partial charge in [0.15, 0.2) is 0 Å². The Labute approximate surface area is 179 Å². The molecular weight excluding hydrogens is 452 g/mol. The van der Waals surface area contributed by atoms with Gasteiger partial charge >= 0.3 is 12.4 Å². The van der Waals surface area contributed by atoms with E-state index in [9.17, 15) is 46.4 Å². The van der Waals surface area contributed by atoms with Crippen LogP contribution >= 0.6 is 0 Å². The number of anilines is 1. The second-order valence-corrected chi connectivity index (χ2v) is 7.73. The third-order valence-corrected chi connectivity index (χ3v) is 4.27. The van der Waals surface area contributed by atoms with E-state index < -0.39 is 34.1 Å². The van der Waals surface area contributed by atoms with E-state index in [-0.39, 0.29) is 17.4 Å². The molecule has 14 heteroatoms. The molecule has 1 aromatic carbocycles. The Bertz CT molecular complexity index is 788. The van der Waals surface area contributed by atoms with Crippen LogP contribution in [0, 0.1) is 10.1 Å². The summed E-state index contributed by atoms with van der Waals surface area (Å²) in [5, 5.41) is 23.5. The molecule has 1 saturated heterocycles. The number of carbonyl (C=O) groups excluding carboxylic acids is 1. The highest BCUT2D eigenvalue weighted by Crippen LogP contribution is 2.51. The van der Waals surface area contributed by atoms with Gasteiger partial charge in [-0.2, -0.15) is 26.3 Å². The monoisotopic (exact) mass is 475 g/mol. The molecule has 1 aliphatic rings. The Balaban J connectivity index is 0.000000633. The SMILES string of the molecule is CC(C)(C)OC=O.O=[N+]([O-])c1cc(C(O)(C(F)(F)F)C(F)(F)F)ccc1N1CCNCC1. The number of benzene rings is 1. The lowest BCUT2D eigenvalue weighted by Crippen LogP contribution is -2.54. The molecule has 0 radical (unpaired) electrons. The number of nitrogens with one attached hydrogen (secondary N) is 1. The van der Waals surface area contributed by atoms with Gasteiger partial charge in [0.25, 0.3) is 17.8 Å². The number of nitro groups is 1. The normalized spacial score (nSPS) is 15.5. The van der Waals surface area contributed by atoms with E-state index >= 15 is 0 Å². The quantitative estimate of drug-likeness (QED) is 0.298. The molecule has 0 aliphatic carbocycles. The number of ether oxygens (including phenoxy) is 1. The number of nitrogens with zero attached hydrogens (tertiary/aromatic N) is 2. The molecule has 0 saturated carbocycles. The highest BCUT2D eigenvalue weighted by Gasteiger charge is 2.71. The van der Waals surface area contributed by atoms with Crippen LogP contribution in [0.25, 0.3) is 0 Å². The molecule has 1 aliphatic heterocycles. The summed E-state index contributed by atoms with van der Waals surface area (Å²) in [6.07, 6.45) is -12.2. The molecule has 1 aromatic rings. The smallest absolute Gasteiger partial charge is 0.430 e. The van der Waals surface area contributed by atoms with E-state index in [0.29, 0.717) is 38.7 Å². The van der Waals surface area contributed by atoms with E-state index in [1.807, 2.05) is 20.8 Å². The van der Waals surface area contributed by atoms with Gasteiger partial charge in [0.05, 0.1) is 4.92 Å². The lowest BCUT2D eigenvalue weighted by Gasteiger charge is -2.33. The first kappa shape index (κ1) is 27.4. The summed E-state index contributed by atoms with van der Waals surface area (Å²) < 4.78 is 82.0. The highest BCUT2D eigenvalue weighted by atomic mass is 19.4. The van der Waals surface area contributed by atoms with E-state index in [1.54, 1.807) is 0 Å². The highest BCUT2D eigenvalue weighted by molar-refractivity contribution is 5.65. The van der Waals surface area contributed by atoms with E-state index in [0.717, 1.165) is 6.07 Å². The van der Waals surface area contributed by atoms with Crippen LogP contribution in [-0.2, 0) is 15.1 Å². The van der Waals surface area contributed by atoms with Crippen molar-refractivity contribution in [3.05, 3.63) is 33.9 Å². The minimum absolute atomic E-state index is 0.109. The first-order chi connectivity index (χ1) is 14.5. The Kier molecular flexibility index (Phi) is 8.48. The summed E-state index contributed by atoms with van der Waals surface area (Å²) in [7, 11) is 0. The van der Waals surface area contributed by atoms with Crippen molar-refractivity contribution in [3.63, 3.8) is 0 Å². The summed E-state index contributed by atoms with van der Waals surface area (Å²) in [5.74, 6) is 0. The second kappa shape index (κ2) is 9.90. The van der Waals surface area contributed by atoms with Crippen LogP contribution in [-0.4, -0.2) is 60.6 Å². The van der Waals surface area contributed by atoms with Gasteiger partial charge in [-0.05, 0) is 26.8 Å². The standard InChI is InChI=1S/C13H13F6N3O3.C5H10O2/c14-12(15,16)11(23,13(17,18)19)8-1-2-9(10(7-8)22(24)25)21-5-3-20-4-6-21;1-5(2,3)7-4-6/h1-2,7,20,23H,3-6H2;4H,1-3H3. The van der Waals surface area contributed by atoms with E-state index in [2.05, 4.69) is 10.1 Å². The molecule has 2 rings (SSSR count). The Morgan fingerprint density at radius 3 is 1.94 bits per heavy atom. The van der Waals surface area contributed by atoms with Crippen LogP contribution in [0.3, 0.4) is 0 Å². The maximum Gasteiger partial charge on any atom is 0.430 e. The second-order valence-electron chi connectivity index (χ2n) is 7.73. The zero-order valence-corrected chi connectivity index (χ0v) is 17.4. The van der Waals surface area contributed by atoms with Crippen LogP contribution in [0.2, 0.25) is 0 Å². The number of hydrogen-bond acceptors (Lipinski definition) is 7. The van der Waals surface area contributed by atoms with Crippen molar-refractivity contribution in [2.45, 2.75) is 44.3 Å². The first-order valence-electron chi connectivity index (χ1n) is 9.17. The van der Waals surface area contributed by atoms with E-state index in [1.165, 1.54) is 4.90 Å². The van der Waals surface area contributed by atoms with Gasteiger partial charge in [0.1, 0.15) is 11.3 Å². The molecule has 0 amide bonds. The Morgan fingerprint density at radius 2 is 1.59 bits per heavy atom. The first-order valence-corrected chi connectivity index (χ1v) is 9.17. The molecule has 0 spiro atoms. The van der Waals surface area contributed by atoms with E-state index in [4.69, 9.17) is 0 Å². The van der Waals surface area contributed by atoms with Gasteiger partial charge in [-0.1, -0.05) is 6.07 Å². The van der Waals surface area contributed by atoms with Gasteiger partial charge in [-0.25, -0.2) is 0 Å². The number of halogens is 6. The van der Waals surface area contributed by atoms with Gasteiger partial charge < -0.3 is 20.1 Å². The van der Waals surface area contributed by atoms with Crippen molar-refractivity contribution in [2.75, 3.05) is 31.1 Å². The molecule has 0 aromatic heterocycles. The fraction of sp³-hybridized carbons (Fsp3) is 0.611. The number of hydrogen-bond donors (Lipinski definition) is 2. The fourth-order valence-corrected chi connectivity index (χ4v) is 2.70. The average molecular weight is 475 g/mol. The summed E-state index contributed by atoms with van der Waals surface area (Å²) in [6, 6.07) is 1.32. The number of nitro benzene ring substituents is 1. The Morgan fingerprint density at radius 1 is 1.09 bits per heavy atom. The minimum Gasteiger partial charge on any atom is -0.462 e. The molecule has 8 nitrogen and oxygen atoms in total. The van der Waals surface area contributed by atoms with Crippen LogP contribution in [0.4, 0.5) is 37.7 Å². The largest absolute Gasteiger partial charge is 0.462 e. The van der Waals surface area contributed by atoms with Gasteiger partial charge in [-0.15, -0.1) is 0 Å². The number of alkyl halides is 6. The van der Waals surface area contributed by atoms with Crippen molar-refractivity contribution >= 4 is 17.8 Å². The molecule has 0 bridgehead atoms. The van der Waals surface area contributed by atoms with Crippen LogP contribution in [0.1, 0.15) is 26.3 Å². The third kappa shape index (κ3) is 6.45. The Hall–Kier alpha value is -2.61. The summed E-state index contributed by atoms with van der Waals surface area (Å²) in [6.45, 7) is 7.41. The predicted molar refractivity (Wildman–Crippen MR) is 101 cm³/mol. The average Bonchev–Trinajstić information content (AvgIpc) is 2.65. The molecule has 182 valence electrons. The summed E-state index contributed by atoms with van der Waals surface area (Å²) >= 11 is 0. The molecule has 0 unspecified atom stereocenters. The van der Waals surface area contributed by atoms with Crippen molar-refractivity contribution in [2.24, 2.45) is 0 Å². The van der Waals surface area contributed by atoms with Crippen molar-refractivity contribution in [1.29, 1.82) is 0 Å². The molecular formula is C18H23F6N3O5. The topological polar surface area (TPSA) is 105 Å². The van der Waals surface area contributed by atoms with Crippen LogP contribution < -0.4 is 10.2 Å². The minimum atomic E-state index is -6.10. The number of carbonyl (C=O) groups is 1. The lowest BCUT2D eigenvalue weighted by molar-refractivity contribution is -0.386. The maximum absolute atomic E-state index is 12.9. The van der Waals surface area contributed by atoms with Gasteiger partial charge in [0, 0.05) is 37.8 Å². The van der Waals surface area contributed by atoms with Gasteiger partial charge in [0.2, 0.25) is 0 Å².